The highest BCUT2D eigenvalue weighted by molar-refractivity contribution is 5.85. The van der Waals surface area contributed by atoms with E-state index in [1.807, 2.05) is 6.08 Å². The first-order valence-corrected chi connectivity index (χ1v) is 4.82. The van der Waals surface area contributed by atoms with Crippen LogP contribution in [0.25, 0.3) is 0 Å². The van der Waals surface area contributed by atoms with Crippen molar-refractivity contribution in [1.82, 2.24) is 0 Å². The van der Waals surface area contributed by atoms with Gasteiger partial charge in [0, 0.05) is 6.42 Å². The maximum atomic E-state index is 11.2. The average Bonchev–Trinajstić information content (AvgIpc) is 2.47. The van der Waals surface area contributed by atoms with Gasteiger partial charge in [-0.05, 0) is 31.6 Å². The molecule has 0 spiro atoms. The molecule has 0 N–H and O–H groups in total. The Hall–Kier alpha value is -1.10. The lowest BCUT2D eigenvalue weighted by atomic mass is 9.92. The third-order valence-electron chi connectivity index (χ3n) is 2.70. The molecule has 0 saturated heterocycles. The molecule has 0 heterocycles. The largest absolute Gasteiger partial charge is 0.298 e. The van der Waals surface area contributed by atoms with Crippen LogP contribution in [-0.4, -0.2) is 5.78 Å². The number of carbonyl (C=O) groups excluding carboxylic acids is 1. The highest BCUT2D eigenvalue weighted by atomic mass is 16.1. The predicted molar refractivity (Wildman–Crippen MR) is 50.9 cm³/mol. The summed E-state index contributed by atoms with van der Waals surface area (Å²) in [6.45, 7) is 3.65. The zero-order chi connectivity index (χ0) is 9.68. The van der Waals surface area contributed by atoms with Crippen molar-refractivity contribution in [2.75, 3.05) is 0 Å². The first-order chi connectivity index (χ1) is 6.29. The second-order valence-corrected chi connectivity index (χ2v) is 3.59. The van der Waals surface area contributed by atoms with Crippen LogP contribution in [0.1, 0.15) is 32.1 Å². The van der Waals surface area contributed by atoms with Crippen molar-refractivity contribution in [3.05, 3.63) is 12.7 Å². The first-order valence-electron chi connectivity index (χ1n) is 4.82. The maximum absolute atomic E-state index is 11.2. The number of unbranched alkanes of at least 4 members (excludes halogenated alkanes) is 1. The van der Waals surface area contributed by atoms with Crippen LogP contribution in [0, 0.1) is 23.2 Å². The molecule has 1 aliphatic carbocycles. The summed E-state index contributed by atoms with van der Waals surface area (Å²) >= 11 is 0. The SMILES string of the molecule is C=CCCC[C@@H]1CCC(=O)[C@H]1C#N. The zero-order valence-electron chi connectivity index (χ0n) is 7.83. The van der Waals surface area contributed by atoms with E-state index in [1.165, 1.54) is 0 Å². The van der Waals surface area contributed by atoms with Gasteiger partial charge in [-0.25, -0.2) is 0 Å². The van der Waals surface area contributed by atoms with E-state index in [0.717, 1.165) is 25.7 Å². The van der Waals surface area contributed by atoms with Crippen LogP contribution < -0.4 is 0 Å². The van der Waals surface area contributed by atoms with Crippen molar-refractivity contribution in [2.24, 2.45) is 11.8 Å². The van der Waals surface area contributed by atoms with E-state index in [2.05, 4.69) is 12.6 Å². The van der Waals surface area contributed by atoms with E-state index in [1.54, 1.807) is 0 Å². The van der Waals surface area contributed by atoms with Crippen molar-refractivity contribution < 1.29 is 4.79 Å². The fourth-order valence-electron chi connectivity index (χ4n) is 1.93. The fourth-order valence-corrected chi connectivity index (χ4v) is 1.93. The normalized spacial score (nSPS) is 27.2. The van der Waals surface area contributed by atoms with Gasteiger partial charge in [0.05, 0.1) is 6.07 Å². The van der Waals surface area contributed by atoms with E-state index in [0.29, 0.717) is 12.3 Å². The van der Waals surface area contributed by atoms with Gasteiger partial charge < -0.3 is 0 Å². The molecule has 0 radical (unpaired) electrons. The summed E-state index contributed by atoms with van der Waals surface area (Å²) in [5, 5.41) is 8.77. The number of hydrogen-bond acceptors (Lipinski definition) is 2. The molecule has 0 aromatic carbocycles. The molecule has 70 valence electrons. The molecule has 1 fully saturated rings. The van der Waals surface area contributed by atoms with Crippen molar-refractivity contribution in [3.63, 3.8) is 0 Å². The molecular weight excluding hydrogens is 162 g/mol. The van der Waals surface area contributed by atoms with Crippen molar-refractivity contribution >= 4 is 5.78 Å². The van der Waals surface area contributed by atoms with Crippen molar-refractivity contribution in [1.29, 1.82) is 5.26 Å². The standard InChI is InChI=1S/C11H15NO/c1-2-3-4-5-9-6-7-11(13)10(9)8-12/h2,9-10H,1,3-7H2/t9-,10+/m1/s1. The van der Waals surface area contributed by atoms with Gasteiger partial charge in [-0.3, -0.25) is 4.79 Å². The number of nitriles is 1. The molecular formula is C11H15NO. The topological polar surface area (TPSA) is 40.9 Å². The molecule has 13 heavy (non-hydrogen) atoms. The van der Waals surface area contributed by atoms with E-state index >= 15 is 0 Å². The van der Waals surface area contributed by atoms with Crippen LogP contribution in [0.3, 0.4) is 0 Å². The van der Waals surface area contributed by atoms with Crippen LogP contribution >= 0.6 is 0 Å². The number of Topliss-reactive ketones (excluding diaryl/α,β-unsaturated/α-hetero) is 1. The molecule has 2 nitrogen and oxygen atoms in total. The molecule has 0 aliphatic heterocycles. The first kappa shape index (κ1) is 9.98. The lowest BCUT2D eigenvalue weighted by Gasteiger charge is -2.10. The van der Waals surface area contributed by atoms with Gasteiger partial charge in [-0.1, -0.05) is 6.08 Å². The minimum absolute atomic E-state index is 0.145. The van der Waals surface area contributed by atoms with Crippen LogP contribution in [0.15, 0.2) is 12.7 Å². The fraction of sp³-hybridized carbons (Fsp3) is 0.636. The van der Waals surface area contributed by atoms with Crippen LogP contribution in [0.5, 0.6) is 0 Å². The summed E-state index contributed by atoms with van der Waals surface area (Å²) in [6, 6.07) is 2.12. The molecule has 2 heteroatoms. The minimum atomic E-state index is -0.315. The second kappa shape index (κ2) is 4.81. The molecule has 0 aromatic rings. The number of nitrogens with zero attached hydrogens (tertiary/aromatic N) is 1. The van der Waals surface area contributed by atoms with Crippen molar-refractivity contribution in [2.45, 2.75) is 32.1 Å². The minimum Gasteiger partial charge on any atom is -0.298 e. The van der Waals surface area contributed by atoms with Gasteiger partial charge in [0.1, 0.15) is 11.7 Å². The molecule has 0 aromatic heterocycles. The van der Waals surface area contributed by atoms with Gasteiger partial charge in [0.2, 0.25) is 0 Å². The Bertz CT molecular complexity index is 239. The molecule has 2 atom stereocenters. The number of hydrogen-bond donors (Lipinski definition) is 0. The quantitative estimate of drug-likeness (QED) is 0.489. The second-order valence-electron chi connectivity index (χ2n) is 3.59. The van der Waals surface area contributed by atoms with Gasteiger partial charge in [0.25, 0.3) is 0 Å². The van der Waals surface area contributed by atoms with Gasteiger partial charge in [0.15, 0.2) is 0 Å². The third-order valence-corrected chi connectivity index (χ3v) is 2.70. The van der Waals surface area contributed by atoms with Gasteiger partial charge >= 0.3 is 0 Å². The van der Waals surface area contributed by atoms with Crippen LogP contribution in [0.4, 0.5) is 0 Å². The van der Waals surface area contributed by atoms with E-state index in [4.69, 9.17) is 5.26 Å². The molecule has 0 bridgehead atoms. The summed E-state index contributed by atoms with van der Waals surface area (Å²) in [7, 11) is 0. The predicted octanol–water partition coefficient (Wildman–Crippen LogP) is 2.46. The van der Waals surface area contributed by atoms with E-state index < -0.39 is 0 Å². The van der Waals surface area contributed by atoms with E-state index in [9.17, 15) is 4.79 Å². The molecule has 1 aliphatic rings. The van der Waals surface area contributed by atoms with Gasteiger partial charge in [-0.2, -0.15) is 5.26 Å². The monoisotopic (exact) mass is 177 g/mol. The number of rotatable bonds is 4. The highest BCUT2D eigenvalue weighted by Crippen LogP contribution is 2.32. The summed E-state index contributed by atoms with van der Waals surface area (Å²) < 4.78 is 0. The molecule has 0 amide bonds. The Morgan fingerprint density at radius 1 is 1.69 bits per heavy atom. The third kappa shape index (κ3) is 2.42. The maximum Gasteiger partial charge on any atom is 0.150 e. The molecule has 1 saturated carbocycles. The summed E-state index contributed by atoms with van der Waals surface area (Å²) in [4.78, 5) is 11.2. The highest BCUT2D eigenvalue weighted by Gasteiger charge is 2.33. The Morgan fingerprint density at radius 2 is 2.46 bits per heavy atom. The Kier molecular flexibility index (Phi) is 3.70. The van der Waals surface area contributed by atoms with E-state index in [-0.39, 0.29) is 11.7 Å². The number of allylic oxidation sites excluding steroid dienone is 1. The Morgan fingerprint density at radius 3 is 3.08 bits per heavy atom. The Labute approximate surface area is 79.2 Å². The summed E-state index contributed by atoms with van der Waals surface area (Å²) in [5.74, 6) is 0.147. The zero-order valence-corrected chi connectivity index (χ0v) is 7.83. The average molecular weight is 177 g/mol. The lowest BCUT2D eigenvalue weighted by Crippen LogP contribution is -2.12. The number of carbonyl (C=O) groups is 1. The molecule has 0 unspecified atom stereocenters. The molecule has 1 rings (SSSR count). The van der Waals surface area contributed by atoms with Crippen LogP contribution in [-0.2, 0) is 4.79 Å². The van der Waals surface area contributed by atoms with Gasteiger partial charge in [-0.15, -0.1) is 6.58 Å². The van der Waals surface area contributed by atoms with Crippen molar-refractivity contribution in [3.8, 4) is 6.07 Å². The smallest absolute Gasteiger partial charge is 0.150 e. The Balaban J connectivity index is 2.38. The number of ketones is 1. The van der Waals surface area contributed by atoms with Crippen LogP contribution in [0.2, 0.25) is 0 Å². The lowest BCUT2D eigenvalue weighted by molar-refractivity contribution is -0.119. The summed E-state index contributed by atoms with van der Waals surface area (Å²) in [6.07, 6.45) is 6.45. The summed E-state index contributed by atoms with van der Waals surface area (Å²) in [5.41, 5.74) is 0.